The Morgan fingerprint density at radius 1 is 1.27 bits per heavy atom. The number of imidazole rings is 1. The molecule has 2 rings (SSSR count). The van der Waals surface area contributed by atoms with Crippen LogP contribution < -0.4 is 0 Å². The van der Waals surface area contributed by atoms with Crippen LogP contribution in [0.2, 0.25) is 5.28 Å². The van der Waals surface area contributed by atoms with Gasteiger partial charge in [-0.05, 0) is 23.7 Å². The smallest absolute Gasteiger partial charge is 0.326 e. The maximum Gasteiger partial charge on any atom is 0.418 e. The van der Waals surface area contributed by atoms with Crippen molar-refractivity contribution in [1.29, 1.82) is 0 Å². The lowest BCUT2D eigenvalue weighted by atomic mass is 10.1. The predicted octanol–water partition coefficient (Wildman–Crippen LogP) is 3.37. The minimum atomic E-state index is -4.58. The third kappa shape index (κ3) is 1.65. The number of aromatic nitrogens is 2. The van der Waals surface area contributed by atoms with Crippen molar-refractivity contribution in [3.8, 4) is 0 Å². The third-order valence-corrected chi connectivity index (χ3v) is 2.05. The molecule has 0 aliphatic carbocycles. The summed E-state index contributed by atoms with van der Waals surface area (Å²) in [4.78, 5) is 5.61. The first-order chi connectivity index (χ1) is 6.89. The highest BCUT2D eigenvalue weighted by Crippen LogP contribution is 2.35. The van der Waals surface area contributed by atoms with E-state index in [0.717, 1.165) is 6.07 Å². The molecule has 0 bridgehead atoms. The van der Waals surface area contributed by atoms with Gasteiger partial charge in [0.25, 0.3) is 0 Å². The predicted molar refractivity (Wildman–Crippen MR) is 46.1 cm³/mol. The maximum absolute atomic E-state index is 13.1. The lowest BCUT2D eigenvalue weighted by Crippen LogP contribution is -2.06. The monoisotopic (exact) mass is 238 g/mol. The summed E-state index contributed by atoms with van der Waals surface area (Å²) >= 11 is 5.38. The standard InChI is InChI=1S/C8H3ClF4N2/c9-7-14-5-3(8(11,12)13)1-2-4(10)6(5)15-7/h1-2H,(H,14,15). The molecular formula is C8H3ClF4N2. The van der Waals surface area contributed by atoms with Crippen molar-refractivity contribution < 1.29 is 17.6 Å². The van der Waals surface area contributed by atoms with Crippen LogP contribution in [0.5, 0.6) is 0 Å². The van der Waals surface area contributed by atoms with Crippen LogP contribution in [0.15, 0.2) is 12.1 Å². The van der Waals surface area contributed by atoms with Gasteiger partial charge in [0.15, 0.2) is 0 Å². The SMILES string of the molecule is Fc1ccc(C(F)(F)F)c2nc(Cl)[nH]c12. The second-order valence-electron chi connectivity index (χ2n) is 2.84. The molecule has 0 saturated heterocycles. The molecule has 0 radical (unpaired) electrons. The van der Waals surface area contributed by atoms with E-state index in [4.69, 9.17) is 11.6 Å². The molecule has 0 unspecified atom stereocenters. The summed E-state index contributed by atoms with van der Waals surface area (Å²) in [6.07, 6.45) is -4.58. The minimum Gasteiger partial charge on any atom is -0.326 e. The first-order valence-corrected chi connectivity index (χ1v) is 4.18. The van der Waals surface area contributed by atoms with E-state index >= 15 is 0 Å². The highest BCUT2D eigenvalue weighted by Gasteiger charge is 2.34. The Morgan fingerprint density at radius 2 is 1.93 bits per heavy atom. The van der Waals surface area contributed by atoms with Crippen LogP contribution in [-0.4, -0.2) is 9.97 Å². The minimum absolute atomic E-state index is 0.277. The van der Waals surface area contributed by atoms with Crippen molar-refractivity contribution in [2.75, 3.05) is 0 Å². The number of hydrogen-bond acceptors (Lipinski definition) is 1. The van der Waals surface area contributed by atoms with Crippen molar-refractivity contribution in [3.05, 3.63) is 28.8 Å². The van der Waals surface area contributed by atoms with Gasteiger partial charge in [-0.2, -0.15) is 13.2 Å². The molecular weight excluding hydrogens is 236 g/mol. The lowest BCUT2D eigenvalue weighted by Gasteiger charge is -2.06. The zero-order valence-corrected chi connectivity index (χ0v) is 7.75. The van der Waals surface area contributed by atoms with Gasteiger partial charge in [0, 0.05) is 0 Å². The summed E-state index contributed by atoms with van der Waals surface area (Å²) in [5, 5.41) is -0.277. The van der Waals surface area contributed by atoms with E-state index in [0.29, 0.717) is 6.07 Å². The Balaban J connectivity index is 2.83. The number of rotatable bonds is 0. The van der Waals surface area contributed by atoms with Crippen molar-refractivity contribution in [2.24, 2.45) is 0 Å². The molecule has 0 aliphatic heterocycles. The van der Waals surface area contributed by atoms with Gasteiger partial charge >= 0.3 is 6.18 Å². The lowest BCUT2D eigenvalue weighted by molar-refractivity contribution is -0.136. The number of hydrogen-bond donors (Lipinski definition) is 1. The van der Waals surface area contributed by atoms with Crippen LogP contribution >= 0.6 is 11.6 Å². The summed E-state index contributed by atoms with van der Waals surface area (Å²) in [7, 11) is 0. The Kier molecular flexibility index (Phi) is 2.11. The van der Waals surface area contributed by atoms with Gasteiger partial charge in [-0.3, -0.25) is 0 Å². The van der Waals surface area contributed by atoms with Crippen molar-refractivity contribution in [1.82, 2.24) is 9.97 Å². The van der Waals surface area contributed by atoms with E-state index in [-0.39, 0.29) is 10.8 Å². The van der Waals surface area contributed by atoms with E-state index in [9.17, 15) is 17.6 Å². The zero-order valence-electron chi connectivity index (χ0n) is 6.99. The number of nitrogens with zero attached hydrogens (tertiary/aromatic N) is 1. The molecule has 0 saturated carbocycles. The van der Waals surface area contributed by atoms with Crippen LogP contribution in [0, 0.1) is 5.82 Å². The Labute approximate surface area is 85.9 Å². The number of fused-ring (bicyclic) bond motifs is 1. The fourth-order valence-electron chi connectivity index (χ4n) is 1.26. The second kappa shape index (κ2) is 3.10. The van der Waals surface area contributed by atoms with E-state index in [1.807, 2.05) is 0 Å². The van der Waals surface area contributed by atoms with Gasteiger partial charge in [-0.1, -0.05) is 0 Å². The van der Waals surface area contributed by atoms with E-state index < -0.39 is 23.1 Å². The molecule has 2 nitrogen and oxygen atoms in total. The number of H-pyrrole nitrogens is 1. The summed E-state index contributed by atoms with van der Waals surface area (Å²) in [6, 6.07) is 1.36. The summed E-state index contributed by atoms with van der Waals surface area (Å²) in [5.74, 6) is -0.822. The largest absolute Gasteiger partial charge is 0.418 e. The summed E-state index contributed by atoms with van der Waals surface area (Å²) in [6.45, 7) is 0. The second-order valence-corrected chi connectivity index (χ2v) is 3.20. The fraction of sp³-hybridized carbons (Fsp3) is 0.125. The highest BCUT2D eigenvalue weighted by atomic mass is 35.5. The maximum atomic E-state index is 13.1. The van der Waals surface area contributed by atoms with Gasteiger partial charge in [0.05, 0.1) is 5.56 Å². The van der Waals surface area contributed by atoms with Gasteiger partial charge in [0.2, 0.25) is 5.28 Å². The van der Waals surface area contributed by atoms with Crippen LogP contribution in [-0.2, 0) is 6.18 Å². The van der Waals surface area contributed by atoms with Crippen molar-refractivity contribution in [3.63, 3.8) is 0 Å². The van der Waals surface area contributed by atoms with Gasteiger partial charge in [0.1, 0.15) is 16.9 Å². The number of aromatic amines is 1. The molecule has 0 atom stereocenters. The molecule has 0 spiro atoms. The van der Waals surface area contributed by atoms with Crippen LogP contribution in [0.1, 0.15) is 5.56 Å². The molecule has 1 N–H and O–H groups in total. The molecule has 2 aromatic rings. The molecule has 7 heteroatoms. The normalized spacial score (nSPS) is 12.3. The van der Waals surface area contributed by atoms with E-state index in [1.54, 1.807) is 0 Å². The van der Waals surface area contributed by atoms with E-state index in [1.165, 1.54) is 0 Å². The average Bonchev–Trinajstić information content (AvgIpc) is 2.45. The van der Waals surface area contributed by atoms with Crippen molar-refractivity contribution in [2.45, 2.75) is 6.18 Å². The topological polar surface area (TPSA) is 28.7 Å². The van der Waals surface area contributed by atoms with Crippen LogP contribution in [0.25, 0.3) is 11.0 Å². The molecule has 1 aromatic heterocycles. The molecule has 1 heterocycles. The first kappa shape index (κ1) is 10.2. The molecule has 0 amide bonds. The fourth-order valence-corrected chi connectivity index (χ4v) is 1.44. The quantitative estimate of drug-likeness (QED) is 0.701. The van der Waals surface area contributed by atoms with Gasteiger partial charge < -0.3 is 4.98 Å². The summed E-state index contributed by atoms with van der Waals surface area (Å²) < 4.78 is 50.4. The molecule has 15 heavy (non-hydrogen) atoms. The molecule has 80 valence electrons. The van der Waals surface area contributed by atoms with Crippen LogP contribution in [0.3, 0.4) is 0 Å². The number of halogens is 5. The van der Waals surface area contributed by atoms with Crippen molar-refractivity contribution >= 4 is 22.6 Å². The van der Waals surface area contributed by atoms with Gasteiger partial charge in [-0.25, -0.2) is 9.37 Å². The first-order valence-electron chi connectivity index (χ1n) is 3.80. The molecule has 1 aromatic carbocycles. The zero-order chi connectivity index (χ0) is 11.2. The number of alkyl halides is 3. The Bertz CT molecular complexity index is 517. The summed E-state index contributed by atoms with van der Waals surface area (Å²) in [5.41, 5.74) is -1.86. The average molecular weight is 239 g/mol. The van der Waals surface area contributed by atoms with Gasteiger partial charge in [-0.15, -0.1) is 0 Å². The van der Waals surface area contributed by atoms with Crippen LogP contribution in [0.4, 0.5) is 17.6 Å². The number of benzene rings is 1. The third-order valence-electron chi connectivity index (χ3n) is 1.87. The molecule has 0 aliphatic rings. The molecule has 0 fully saturated rings. The number of nitrogens with one attached hydrogen (secondary N) is 1. The Morgan fingerprint density at radius 3 is 2.53 bits per heavy atom. The van der Waals surface area contributed by atoms with E-state index in [2.05, 4.69) is 9.97 Å². The Hall–Kier alpha value is -1.30. The highest BCUT2D eigenvalue weighted by molar-refractivity contribution is 6.29.